The molecule has 1 N–H and O–H groups in total. The monoisotopic (exact) mass is 800 g/mol. The number of pyridine rings is 1. The molecule has 9 heteroatoms. The Balaban J connectivity index is 1.52. The zero-order valence-corrected chi connectivity index (χ0v) is 39.9. The molecule has 0 fully saturated rings. The minimum absolute atomic E-state index is 0.00624. The van der Waals surface area contributed by atoms with Crippen molar-refractivity contribution < 1.29 is 5.11 Å². The van der Waals surface area contributed by atoms with Crippen LogP contribution in [-0.4, -0.2) is 58.9 Å². The maximum absolute atomic E-state index is 12.3. The number of phenols is 1. The maximum atomic E-state index is 12.3. The highest BCUT2D eigenvalue weighted by molar-refractivity contribution is 6.68. The number of phenolic OH excluding ortho intramolecular Hbond substituents is 1. The molecule has 0 radical (unpaired) electrons. The molecule has 0 saturated heterocycles. The number of imidazole rings is 1. The van der Waals surface area contributed by atoms with Gasteiger partial charge in [0.15, 0.2) is 0 Å². The fourth-order valence-electron chi connectivity index (χ4n) is 8.74. The third-order valence-corrected chi connectivity index (χ3v) is 13.2. The molecule has 0 amide bonds. The van der Waals surface area contributed by atoms with E-state index in [2.05, 4.69) is 212 Å². The van der Waals surface area contributed by atoms with Crippen LogP contribution in [0.4, 0.5) is 0 Å². The van der Waals surface area contributed by atoms with Crippen molar-refractivity contribution in [2.24, 2.45) is 0 Å². The van der Waals surface area contributed by atoms with Crippen molar-refractivity contribution in [1.29, 1.82) is 0 Å². The number of nitrogens with zero attached hydrogens (tertiary/aromatic N) is 3. The highest BCUT2D eigenvalue weighted by Gasteiger charge is 2.29. The molecule has 2 heterocycles. The van der Waals surface area contributed by atoms with Crippen LogP contribution in [0, 0.1) is 0 Å². The van der Waals surface area contributed by atoms with Crippen LogP contribution >= 0.6 is 0 Å². The van der Waals surface area contributed by atoms with E-state index in [1.807, 2.05) is 6.20 Å². The van der Waals surface area contributed by atoms with Gasteiger partial charge in [-0.05, 0) is 104 Å². The molecular formula is C52H62B5N3O. The summed E-state index contributed by atoms with van der Waals surface area (Å²) < 4.78 is 2.25. The third-order valence-electron chi connectivity index (χ3n) is 13.2. The molecule has 7 aromatic rings. The lowest BCUT2D eigenvalue weighted by atomic mass is 9.59. The minimum atomic E-state index is -0.292. The SMILES string of the molecule is Bc1c(B)c(B)c(-c2ccnc(-c3cc(-c4cccc5c4nc(-c4cc(C(C)(C)C)cc(C(C)(C)C)c4O)n5-c4ccc(C(C)(C)C)cc4)cc(C(C)(C)C)c3)c2)c(B)c1B. The quantitative estimate of drug-likeness (QED) is 0.242. The topological polar surface area (TPSA) is 50.9 Å². The number of hydrogen-bond acceptors (Lipinski definition) is 3. The van der Waals surface area contributed by atoms with E-state index < -0.39 is 0 Å². The minimum Gasteiger partial charge on any atom is -0.507 e. The van der Waals surface area contributed by atoms with Crippen molar-refractivity contribution in [2.45, 2.75) is 105 Å². The van der Waals surface area contributed by atoms with Gasteiger partial charge in [0.1, 0.15) is 50.8 Å². The number of rotatable bonds is 5. The molecule has 0 aliphatic rings. The van der Waals surface area contributed by atoms with Gasteiger partial charge < -0.3 is 5.11 Å². The van der Waals surface area contributed by atoms with Crippen molar-refractivity contribution in [3.63, 3.8) is 0 Å². The van der Waals surface area contributed by atoms with Crippen LogP contribution in [0.3, 0.4) is 0 Å². The number of aromatic hydroxyl groups is 1. The predicted molar refractivity (Wildman–Crippen MR) is 278 cm³/mol. The van der Waals surface area contributed by atoms with Gasteiger partial charge in [-0.3, -0.25) is 9.55 Å². The molecule has 5 aromatic carbocycles. The molecular weight excluding hydrogens is 737 g/mol. The molecule has 0 bridgehead atoms. The lowest BCUT2D eigenvalue weighted by molar-refractivity contribution is 0.446. The van der Waals surface area contributed by atoms with Crippen LogP contribution in [0.1, 0.15) is 105 Å². The van der Waals surface area contributed by atoms with Gasteiger partial charge in [0.2, 0.25) is 0 Å². The molecule has 0 aliphatic carbocycles. The Morgan fingerprint density at radius 3 is 1.64 bits per heavy atom. The van der Waals surface area contributed by atoms with Crippen molar-refractivity contribution >= 4 is 77.6 Å². The van der Waals surface area contributed by atoms with Crippen molar-refractivity contribution in [3.8, 4) is 56.3 Å². The molecule has 306 valence electrons. The average molecular weight is 799 g/mol. The fourth-order valence-corrected chi connectivity index (χ4v) is 8.74. The molecule has 0 spiro atoms. The van der Waals surface area contributed by atoms with Crippen LogP contribution in [0.5, 0.6) is 5.75 Å². The first-order valence-electron chi connectivity index (χ1n) is 22.0. The molecule has 0 atom stereocenters. The molecule has 0 saturated carbocycles. The van der Waals surface area contributed by atoms with Crippen molar-refractivity contribution in [2.75, 3.05) is 0 Å². The van der Waals surface area contributed by atoms with Gasteiger partial charge in [-0.15, -0.1) is 16.4 Å². The maximum Gasteiger partial charge on any atom is 0.149 e. The van der Waals surface area contributed by atoms with Gasteiger partial charge in [0.25, 0.3) is 0 Å². The van der Waals surface area contributed by atoms with E-state index in [0.717, 1.165) is 61.6 Å². The summed E-state index contributed by atoms with van der Waals surface area (Å²) in [6, 6.07) is 31.0. The van der Waals surface area contributed by atoms with E-state index in [0.29, 0.717) is 0 Å². The standard InChI is InChI=1S/C52H62B5N3O/c1-49(2,3)31-16-18-34(19-17-31)60-39-15-13-14-35(46(39)59-48(60)36-26-33(51(7,8)9)27-37(47(36)61)52(10,11)12)29-22-30(24-32(23-29)50(4,5)6)38-25-28(20-21-58-38)40-41(53)43(55)45(57)44(56)42(40)54/h13-27,61H,53-57H2,1-12H3. The number of fused-ring (bicyclic) bond motifs is 1. The lowest BCUT2D eigenvalue weighted by Gasteiger charge is -2.27. The zero-order chi connectivity index (χ0) is 44.7. The van der Waals surface area contributed by atoms with Crippen molar-refractivity contribution in [3.05, 3.63) is 113 Å². The van der Waals surface area contributed by atoms with Gasteiger partial charge in [-0.2, -0.15) is 0 Å². The molecule has 0 aliphatic heterocycles. The Kier molecular flexibility index (Phi) is 11.0. The van der Waals surface area contributed by atoms with Gasteiger partial charge in [-0.1, -0.05) is 130 Å². The second-order valence-corrected chi connectivity index (χ2v) is 21.6. The van der Waals surface area contributed by atoms with Crippen LogP contribution in [0.15, 0.2) is 91.1 Å². The van der Waals surface area contributed by atoms with E-state index in [1.165, 1.54) is 49.6 Å². The van der Waals surface area contributed by atoms with E-state index in [9.17, 15) is 5.11 Å². The van der Waals surface area contributed by atoms with E-state index in [-0.39, 0.29) is 27.4 Å². The van der Waals surface area contributed by atoms with Gasteiger partial charge in [-0.25, -0.2) is 4.98 Å². The smallest absolute Gasteiger partial charge is 0.149 e. The summed E-state index contributed by atoms with van der Waals surface area (Å²) in [5.74, 6) is 0.994. The third kappa shape index (κ3) is 8.18. The normalized spacial score (nSPS) is 12.7. The summed E-state index contributed by atoms with van der Waals surface area (Å²) in [7, 11) is 11.2. The Bertz CT molecular complexity index is 2820. The van der Waals surface area contributed by atoms with E-state index in [4.69, 9.17) is 9.97 Å². The van der Waals surface area contributed by atoms with Crippen LogP contribution in [-0.2, 0) is 21.7 Å². The Morgan fingerprint density at radius 1 is 0.508 bits per heavy atom. The number of aromatic nitrogens is 3. The summed E-state index contributed by atoms with van der Waals surface area (Å²) >= 11 is 0. The van der Waals surface area contributed by atoms with Gasteiger partial charge >= 0.3 is 0 Å². The highest BCUT2D eigenvalue weighted by Crippen LogP contribution is 2.45. The summed E-state index contributed by atoms with van der Waals surface area (Å²) in [6.07, 6.45) is 1.96. The van der Waals surface area contributed by atoms with E-state index in [1.54, 1.807) is 0 Å². The average Bonchev–Trinajstić information content (AvgIpc) is 3.57. The van der Waals surface area contributed by atoms with Crippen LogP contribution in [0.25, 0.3) is 61.6 Å². The largest absolute Gasteiger partial charge is 0.507 e. The molecule has 2 aromatic heterocycles. The lowest BCUT2D eigenvalue weighted by Crippen LogP contribution is -2.55. The first-order valence-corrected chi connectivity index (χ1v) is 22.0. The molecule has 61 heavy (non-hydrogen) atoms. The first-order chi connectivity index (χ1) is 28.3. The van der Waals surface area contributed by atoms with Crippen molar-refractivity contribution in [1.82, 2.24) is 14.5 Å². The summed E-state index contributed by atoms with van der Waals surface area (Å²) in [5, 5.41) is 12.3. The Morgan fingerprint density at radius 2 is 1.07 bits per heavy atom. The fraction of sp³-hybridized carbons (Fsp3) is 0.308. The molecule has 0 unspecified atom stereocenters. The van der Waals surface area contributed by atoms with Crippen LogP contribution in [0.2, 0.25) is 0 Å². The number of hydrogen-bond donors (Lipinski definition) is 1. The summed E-state index contributed by atoms with van der Waals surface area (Å²) in [5.41, 5.74) is 20.9. The van der Waals surface area contributed by atoms with E-state index >= 15 is 0 Å². The Labute approximate surface area is 370 Å². The Hall–Kier alpha value is -5.16. The molecule has 7 rings (SSSR count). The zero-order valence-electron chi connectivity index (χ0n) is 39.9. The predicted octanol–water partition coefficient (Wildman–Crippen LogP) is 5.28. The first kappa shape index (κ1) is 43.9. The summed E-state index contributed by atoms with van der Waals surface area (Å²) in [6.45, 7) is 26.8. The van der Waals surface area contributed by atoms with Gasteiger partial charge in [0.05, 0.1) is 22.3 Å². The highest BCUT2D eigenvalue weighted by atomic mass is 16.3. The van der Waals surface area contributed by atoms with Gasteiger partial charge in [0, 0.05) is 28.6 Å². The molecule has 4 nitrogen and oxygen atoms in total. The number of benzene rings is 5. The summed E-state index contributed by atoms with van der Waals surface area (Å²) in [4.78, 5) is 10.6. The van der Waals surface area contributed by atoms with Crippen LogP contribution < -0.4 is 27.3 Å². The second-order valence-electron chi connectivity index (χ2n) is 21.6. The second kappa shape index (κ2) is 15.3. The number of para-hydroxylation sites is 1.